The minimum atomic E-state index is 0.152. The smallest absolute Gasteiger partial charge is 0.226 e. The number of hydrogen-bond acceptors (Lipinski definition) is 1. The molecule has 1 heterocycles. The van der Waals surface area contributed by atoms with Crippen LogP contribution in [0.2, 0.25) is 0 Å². The lowest BCUT2D eigenvalue weighted by Gasteiger charge is -2.30. The van der Waals surface area contributed by atoms with Crippen LogP contribution in [0.25, 0.3) is 0 Å². The van der Waals surface area contributed by atoms with Crippen LogP contribution in [-0.4, -0.2) is 23.9 Å². The highest BCUT2D eigenvalue weighted by Gasteiger charge is 2.24. The first-order chi connectivity index (χ1) is 9.22. The zero-order valence-corrected chi connectivity index (χ0v) is 12.2. The first kappa shape index (κ1) is 14.1. The van der Waals surface area contributed by atoms with Crippen molar-refractivity contribution in [2.45, 2.75) is 46.0 Å². The van der Waals surface area contributed by atoms with Crippen molar-refractivity contribution in [3.8, 4) is 0 Å². The lowest BCUT2D eigenvalue weighted by Crippen LogP contribution is -2.40. The Morgan fingerprint density at radius 3 is 2.53 bits per heavy atom. The van der Waals surface area contributed by atoms with Gasteiger partial charge in [0.15, 0.2) is 0 Å². The van der Waals surface area contributed by atoms with Gasteiger partial charge in [0, 0.05) is 19.0 Å². The van der Waals surface area contributed by atoms with Gasteiger partial charge in [-0.05, 0) is 50.2 Å². The predicted molar refractivity (Wildman–Crippen MR) is 79.1 cm³/mol. The summed E-state index contributed by atoms with van der Waals surface area (Å²) in [5.74, 6) is 0.518. The van der Waals surface area contributed by atoms with E-state index in [0.29, 0.717) is 5.91 Å². The molecule has 0 aliphatic carbocycles. The molecule has 0 radical (unpaired) electrons. The van der Waals surface area contributed by atoms with Gasteiger partial charge in [0.05, 0.1) is 0 Å². The molecule has 1 fully saturated rings. The van der Waals surface area contributed by atoms with Gasteiger partial charge in [-0.3, -0.25) is 4.79 Å². The van der Waals surface area contributed by atoms with E-state index in [1.807, 2.05) is 0 Å². The van der Waals surface area contributed by atoms with Gasteiger partial charge in [-0.2, -0.15) is 0 Å². The molecule has 1 atom stereocenters. The summed E-state index contributed by atoms with van der Waals surface area (Å²) in [6.07, 6.45) is 5.44. The van der Waals surface area contributed by atoms with E-state index in [9.17, 15) is 4.79 Å². The summed E-state index contributed by atoms with van der Waals surface area (Å²) >= 11 is 0. The molecule has 1 aliphatic heterocycles. The van der Waals surface area contributed by atoms with Crippen molar-refractivity contribution in [2.24, 2.45) is 5.92 Å². The van der Waals surface area contributed by atoms with Crippen LogP contribution in [0, 0.1) is 12.8 Å². The standard InChI is InChI=1S/C17H25NO/c1-3-15(13-16-10-6-5-9-14(16)2)17(19)18-11-7-4-8-12-18/h5-6,9-10,15H,3-4,7-8,11-13H2,1-2H3. The maximum Gasteiger partial charge on any atom is 0.226 e. The van der Waals surface area contributed by atoms with Crippen LogP contribution in [0.3, 0.4) is 0 Å². The van der Waals surface area contributed by atoms with E-state index >= 15 is 0 Å². The summed E-state index contributed by atoms with van der Waals surface area (Å²) in [4.78, 5) is 14.7. The number of carbonyl (C=O) groups excluding carboxylic acids is 1. The number of piperidine rings is 1. The molecule has 2 heteroatoms. The van der Waals surface area contributed by atoms with Gasteiger partial charge in [-0.25, -0.2) is 0 Å². The van der Waals surface area contributed by atoms with E-state index in [1.54, 1.807) is 0 Å². The molecule has 1 saturated heterocycles. The van der Waals surface area contributed by atoms with E-state index in [2.05, 4.69) is 43.0 Å². The fourth-order valence-corrected chi connectivity index (χ4v) is 2.88. The molecule has 0 spiro atoms. The van der Waals surface area contributed by atoms with Gasteiger partial charge in [0.2, 0.25) is 5.91 Å². The molecule has 19 heavy (non-hydrogen) atoms. The summed E-state index contributed by atoms with van der Waals surface area (Å²) in [5.41, 5.74) is 2.62. The quantitative estimate of drug-likeness (QED) is 0.809. The molecule has 1 aromatic rings. The lowest BCUT2D eigenvalue weighted by molar-refractivity contribution is -0.136. The molecule has 0 bridgehead atoms. The average Bonchev–Trinajstić information content (AvgIpc) is 2.47. The lowest BCUT2D eigenvalue weighted by atomic mass is 9.92. The van der Waals surface area contributed by atoms with Crippen molar-refractivity contribution >= 4 is 5.91 Å². The zero-order chi connectivity index (χ0) is 13.7. The van der Waals surface area contributed by atoms with E-state index in [4.69, 9.17) is 0 Å². The van der Waals surface area contributed by atoms with Crippen molar-refractivity contribution in [3.05, 3.63) is 35.4 Å². The number of rotatable bonds is 4. The topological polar surface area (TPSA) is 20.3 Å². The molecular weight excluding hydrogens is 234 g/mol. The van der Waals surface area contributed by atoms with Crippen LogP contribution in [0.1, 0.15) is 43.7 Å². The fourth-order valence-electron chi connectivity index (χ4n) is 2.88. The highest BCUT2D eigenvalue weighted by Crippen LogP contribution is 2.20. The van der Waals surface area contributed by atoms with Crippen molar-refractivity contribution in [2.75, 3.05) is 13.1 Å². The highest BCUT2D eigenvalue weighted by atomic mass is 16.2. The maximum absolute atomic E-state index is 12.6. The monoisotopic (exact) mass is 259 g/mol. The molecule has 0 saturated carbocycles. The van der Waals surface area contributed by atoms with Gasteiger partial charge in [-0.1, -0.05) is 31.2 Å². The number of carbonyl (C=O) groups is 1. The van der Waals surface area contributed by atoms with Crippen molar-refractivity contribution in [1.29, 1.82) is 0 Å². The molecule has 2 nitrogen and oxygen atoms in total. The Morgan fingerprint density at radius 2 is 1.89 bits per heavy atom. The molecule has 0 aromatic heterocycles. The number of aryl methyl sites for hydroxylation is 1. The number of nitrogens with zero attached hydrogens (tertiary/aromatic N) is 1. The van der Waals surface area contributed by atoms with Gasteiger partial charge >= 0.3 is 0 Å². The minimum Gasteiger partial charge on any atom is -0.342 e. The average molecular weight is 259 g/mol. The van der Waals surface area contributed by atoms with E-state index < -0.39 is 0 Å². The Hall–Kier alpha value is -1.31. The second-order valence-electron chi connectivity index (χ2n) is 5.62. The van der Waals surface area contributed by atoms with E-state index in [-0.39, 0.29) is 5.92 Å². The third-order valence-corrected chi connectivity index (χ3v) is 4.24. The van der Waals surface area contributed by atoms with Crippen molar-refractivity contribution in [3.63, 3.8) is 0 Å². The number of hydrogen-bond donors (Lipinski definition) is 0. The van der Waals surface area contributed by atoms with Gasteiger partial charge in [0.1, 0.15) is 0 Å². The maximum atomic E-state index is 12.6. The Labute approximate surface area is 116 Å². The zero-order valence-electron chi connectivity index (χ0n) is 12.2. The third kappa shape index (κ3) is 3.59. The van der Waals surface area contributed by atoms with Gasteiger partial charge in [-0.15, -0.1) is 0 Å². The van der Waals surface area contributed by atoms with Crippen LogP contribution >= 0.6 is 0 Å². The van der Waals surface area contributed by atoms with Crippen LogP contribution < -0.4 is 0 Å². The second kappa shape index (κ2) is 6.74. The van der Waals surface area contributed by atoms with Crippen molar-refractivity contribution < 1.29 is 4.79 Å². The second-order valence-corrected chi connectivity index (χ2v) is 5.62. The van der Waals surface area contributed by atoms with E-state index in [0.717, 1.165) is 25.9 Å². The number of benzene rings is 1. The SMILES string of the molecule is CCC(Cc1ccccc1C)C(=O)N1CCCCC1. The summed E-state index contributed by atoms with van der Waals surface area (Å²) in [5, 5.41) is 0. The molecular formula is C17H25NO. The van der Waals surface area contributed by atoms with Crippen LogP contribution in [0.4, 0.5) is 0 Å². The third-order valence-electron chi connectivity index (χ3n) is 4.24. The normalized spacial score (nSPS) is 17.3. The predicted octanol–water partition coefficient (Wildman–Crippen LogP) is 3.58. The summed E-state index contributed by atoms with van der Waals surface area (Å²) in [7, 11) is 0. The first-order valence-electron chi connectivity index (χ1n) is 7.55. The van der Waals surface area contributed by atoms with Crippen LogP contribution in [0.15, 0.2) is 24.3 Å². The molecule has 1 aromatic carbocycles. The molecule has 0 N–H and O–H groups in total. The molecule has 1 unspecified atom stereocenters. The minimum absolute atomic E-state index is 0.152. The highest BCUT2D eigenvalue weighted by molar-refractivity contribution is 5.79. The molecule has 104 valence electrons. The summed E-state index contributed by atoms with van der Waals surface area (Å²) in [6.45, 7) is 6.18. The van der Waals surface area contributed by atoms with Crippen LogP contribution in [0.5, 0.6) is 0 Å². The van der Waals surface area contributed by atoms with E-state index in [1.165, 1.54) is 30.4 Å². The molecule has 1 aliphatic rings. The fraction of sp³-hybridized carbons (Fsp3) is 0.588. The first-order valence-corrected chi connectivity index (χ1v) is 7.55. The van der Waals surface area contributed by atoms with Gasteiger partial charge in [0.25, 0.3) is 0 Å². The largest absolute Gasteiger partial charge is 0.342 e. The summed E-state index contributed by atoms with van der Waals surface area (Å²) < 4.78 is 0. The Balaban J connectivity index is 2.03. The Kier molecular flexibility index (Phi) is 5.00. The van der Waals surface area contributed by atoms with Gasteiger partial charge < -0.3 is 4.90 Å². The molecule has 2 rings (SSSR count). The Bertz CT molecular complexity index is 421. The van der Waals surface area contributed by atoms with Crippen molar-refractivity contribution in [1.82, 2.24) is 4.90 Å². The van der Waals surface area contributed by atoms with Crippen LogP contribution in [-0.2, 0) is 11.2 Å². The molecule has 1 amide bonds. The Morgan fingerprint density at radius 1 is 1.21 bits per heavy atom. The summed E-state index contributed by atoms with van der Waals surface area (Å²) in [6, 6.07) is 8.42. The number of likely N-dealkylation sites (tertiary alicyclic amines) is 1. The number of amides is 1.